The van der Waals surface area contributed by atoms with Crippen LogP contribution in [0.25, 0.3) is 0 Å². The normalized spacial score (nSPS) is 34.1. The Labute approximate surface area is 158 Å². The lowest BCUT2D eigenvalue weighted by Crippen LogP contribution is -2.50. The van der Waals surface area contributed by atoms with E-state index in [0.29, 0.717) is 25.4 Å². The molecule has 5 unspecified atom stereocenters. The number of carbonyl (C=O) groups excluding carboxylic acids is 1. The lowest BCUT2D eigenvalue weighted by Gasteiger charge is -2.39. The van der Waals surface area contributed by atoms with E-state index < -0.39 is 23.8 Å². The van der Waals surface area contributed by atoms with Gasteiger partial charge in [0.2, 0.25) is 5.91 Å². The molecule has 0 aliphatic carbocycles. The Kier molecular flexibility index (Phi) is 5.18. The third-order valence-electron chi connectivity index (χ3n) is 6.38. The second-order valence-electron chi connectivity index (χ2n) is 7.98. The first-order valence-corrected chi connectivity index (χ1v) is 9.83. The average molecular weight is 379 g/mol. The van der Waals surface area contributed by atoms with E-state index in [-0.39, 0.29) is 23.6 Å². The molecule has 0 aromatic heterocycles. The number of ether oxygens (including phenoxy) is 1. The van der Waals surface area contributed by atoms with Crippen LogP contribution in [0.1, 0.15) is 37.9 Å². The number of amides is 1. The van der Waals surface area contributed by atoms with Crippen LogP contribution in [0.4, 0.5) is 8.78 Å². The molecule has 3 fully saturated rings. The molecule has 27 heavy (non-hydrogen) atoms. The first kappa shape index (κ1) is 18.8. The molecule has 3 saturated heterocycles. The Morgan fingerprint density at radius 3 is 2.89 bits per heavy atom. The molecule has 0 radical (unpaired) electrons. The zero-order chi connectivity index (χ0) is 19.1. The monoisotopic (exact) mass is 379 g/mol. The second kappa shape index (κ2) is 7.45. The maximum absolute atomic E-state index is 14.1. The van der Waals surface area contributed by atoms with Gasteiger partial charge >= 0.3 is 0 Å². The minimum Gasteiger partial charge on any atom is -0.370 e. The third kappa shape index (κ3) is 3.48. The van der Waals surface area contributed by atoms with Gasteiger partial charge in [-0.25, -0.2) is 8.78 Å². The summed E-state index contributed by atoms with van der Waals surface area (Å²) < 4.78 is 33.5. The van der Waals surface area contributed by atoms with Crippen molar-refractivity contribution in [3.8, 4) is 0 Å². The fraction of sp³-hybridized carbons (Fsp3) is 0.650. The van der Waals surface area contributed by atoms with Crippen molar-refractivity contribution in [3.05, 3.63) is 35.4 Å². The van der Waals surface area contributed by atoms with Crippen LogP contribution in [0.2, 0.25) is 0 Å². The molecular weight excluding hydrogens is 352 g/mol. The Balaban J connectivity index is 1.41. The van der Waals surface area contributed by atoms with E-state index in [4.69, 9.17) is 10.5 Å². The number of rotatable bonds is 3. The Morgan fingerprint density at radius 2 is 2.15 bits per heavy atom. The summed E-state index contributed by atoms with van der Waals surface area (Å²) in [6.45, 7) is 4.99. The minimum atomic E-state index is -0.628. The summed E-state index contributed by atoms with van der Waals surface area (Å²) in [4.78, 5) is 16.5. The lowest BCUT2D eigenvalue weighted by molar-refractivity contribution is -0.131. The Hall–Kier alpha value is -1.57. The van der Waals surface area contributed by atoms with Gasteiger partial charge in [-0.05, 0) is 37.0 Å². The number of nitrogens with zero attached hydrogens (tertiary/aromatic N) is 2. The highest BCUT2D eigenvalue weighted by atomic mass is 19.1. The van der Waals surface area contributed by atoms with Gasteiger partial charge in [-0.1, -0.05) is 6.92 Å². The predicted molar refractivity (Wildman–Crippen MR) is 96.9 cm³/mol. The number of hydrogen-bond donors (Lipinski definition) is 1. The predicted octanol–water partition coefficient (Wildman–Crippen LogP) is 2.06. The highest BCUT2D eigenvalue weighted by Crippen LogP contribution is 2.36. The zero-order valence-electron chi connectivity index (χ0n) is 15.6. The smallest absolute Gasteiger partial charge is 0.222 e. The average Bonchev–Trinajstić information content (AvgIpc) is 3.24. The van der Waals surface area contributed by atoms with Gasteiger partial charge in [0, 0.05) is 49.7 Å². The van der Waals surface area contributed by atoms with E-state index in [0.717, 1.165) is 38.2 Å². The highest BCUT2D eigenvalue weighted by Gasteiger charge is 2.46. The van der Waals surface area contributed by atoms with Crippen LogP contribution in [-0.4, -0.2) is 60.1 Å². The Morgan fingerprint density at radius 1 is 1.33 bits per heavy atom. The molecule has 5 nitrogen and oxygen atoms in total. The molecule has 148 valence electrons. The van der Waals surface area contributed by atoms with Crippen molar-refractivity contribution in [1.82, 2.24) is 9.80 Å². The summed E-state index contributed by atoms with van der Waals surface area (Å²) in [5, 5.41) is 0. The zero-order valence-corrected chi connectivity index (χ0v) is 15.6. The molecule has 3 aliphatic rings. The van der Waals surface area contributed by atoms with Gasteiger partial charge in [0.05, 0.1) is 6.61 Å². The van der Waals surface area contributed by atoms with Crippen molar-refractivity contribution in [2.45, 2.75) is 50.4 Å². The Bertz CT molecular complexity index is 716. The molecule has 5 atom stereocenters. The maximum Gasteiger partial charge on any atom is 0.222 e. The summed E-state index contributed by atoms with van der Waals surface area (Å²) in [7, 11) is 0. The fourth-order valence-corrected chi connectivity index (χ4v) is 4.96. The molecule has 2 N–H and O–H groups in total. The first-order valence-electron chi connectivity index (χ1n) is 9.83. The summed E-state index contributed by atoms with van der Waals surface area (Å²) in [5.74, 6) is -0.241. The van der Waals surface area contributed by atoms with Crippen LogP contribution in [-0.2, 0) is 9.53 Å². The minimum absolute atomic E-state index is 0.150. The maximum atomic E-state index is 14.1. The van der Waals surface area contributed by atoms with Crippen molar-refractivity contribution in [2.24, 2.45) is 11.7 Å². The van der Waals surface area contributed by atoms with Crippen molar-refractivity contribution >= 4 is 5.91 Å². The quantitative estimate of drug-likeness (QED) is 0.874. The van der Waals surface area contributed by atoms with Crippen LogP contribution in [0.3, 0.4) is 0 Å². The topological polar surface area (TPSA) is 58.8 Å². The largest absolute Gasteiger partial charge is 0.370 e. The van der Waals surface area contributed by atoms with Gasteiger partial charge in [-0.15, -0.1) is 0 Å². The summed E-state index contributed by atoms with van der Waals surface area (Å²) in [6.07, 6.45) is 1.63. The van der Waals surface area contributed by atoms with E-state index in [1.165, 1.54) is 6.07 Å². The van der Waals surface area contributed by atoms with Crippen molar-refractivity contribution in [3.63, 3.8) is 0 Å². The molecule has 0 saturated carbocycles. The highest BCUT2D eigenvalue weighted by molar-refractivity contribution is 5.76. The van der Waals surface area contributed by atoms with Gasteiger partial charge < -0.3 is 15.4 Å². The molecule has 1 aromatic rings. The molecular formula is C20H27F2N3O2. The van der Waals surface area contributed by atoms with Crippen LogP contribution in [0, 0.1) is 17.6 Å². The molecule has 3 heterocycles. The van der Waals surface area contributed by atoms with Crippen LogP contribution < -0.4 is 5.73 Å². The molecule has 0 bridgehead atoms. The van der Waals surface area contributed by atoms with E-state index in [1.807, 2.05) is 11.8 Å². The van der Waals surface area contributed by atoms with E-state index in [1.54, 1.807) is 0 Å². The third-order valence-corrected chi connectivity index (χ3v) is 6.38. The van der Waals surface area contributed by atoms with Crippen LogP contribution >= 0.6 is 0 Å². The van der Waals surface area contributed by atoms with Crippen molar-refractivity contribution in [2.75, 3.05) is 26.2 Å². The van der Waals surface area contributed by atoms with Crippen LogP contribution in [0.5, 0.6) is 0 Å². The van der Waals surface area contributed by atoms with E-state index in [2.05, 4.69) is 4.90 Å². The summed E-state index contributed by atoms with van der Waals surface area (Å²) >= 11 is 0. The molecule has 1 amide bonds. The van der Waals surface area contributed by atoms with E-state index >= 15 is 0 Å². The molecule has 0 spiro atoms. The van der Waals surface area contributed by atoms with E-state index in [9.17, 15) is 13.6 Å². The number of likely N-dealkylation sites (tertiary alicyclic amines) is 2. The number of hydrogen-bond acceptors (Lipinski definition) is 4. The summed E-state index contributed by atoms with van der Waals surface area (Å²) in [5.41, 5.74) is 6.49. The SMILES string of the molecule is CCC(=O)N1CCC2CN(C3COC(c4cc(F)ccc4F)C(N)C3)CC21. The number of halogens is 2. The molecule has 1 aromatic carbocycles. The lowest BCUT2D eigenvalue weighted by atomic mass is 9.93. The number of benzene rings is 1. The molecule has 4 rings (SSSR count). The standard InChI is InChI=1S/C20H27F2N3O2/c1-2-19(26)25-6-5-12-9-24(10-18(12)25)14-8-17(23)20(27-11-14)15-7-13(21)3-4-16(15)22/h3-4,7,12,14,17-18,20H,2,5-6,8-11,23H2,1H3. The van der Waals surface area contributed by atoms with Crippen LogP contribution in [0.15, 0.2) is 18.2 Å². The number of carbonyl (C=O) groups is 1. The fourth-order valence-electron chi connectivity index (χ4n) is 4.96. The van der Waals surface area contributed by atoms with Gasteiger partial charge in [-0.3, -0.25) is 9.69 Å². The molecule has 7 heteroatoms. The van der Waals surface area contributed by atoms with Gasteiger partial charge in [-0.2, -0.15) is 0 Å². The second-order valence-corrected chi connectivity index (χ2v) is 7.98. The van der Waals surface area contributed by atoms with Crippen molar-refractivity contribution in [1.29, 1.82) is 0 Å². The van der Waals surface area contributed by atoms with Gasteiger partial charge in [0.1, 0.15) is 17.7 Å². The first-order chi connectivity index (χ1) is 13.0. The van der Waals surface area contributed by atoms with Gasteiger partial charge in [0.25, 0.3) is 0 Å². The van der Waals surface area contributed by atoms with Crippen molar-refractivity contribution < 1.29 is 18.3 Å². The molecule has 3 aliphatic heterocycles. The number of fused-ring (bicyclic) bond motifs is 1. The summed E-state index contributed by atoms with van der Waals surface area (Å²) in [6, 6.07) is 3.43. The van der Waals surface area contributed by atoms with Gasteiger partial charge in [0.15, 0.2) is 0 Å². The number of nitrogens with two attached hydrogens (primary N) is 1.